The Bertz CT molecular complexity index is 948. The number of likely N-dealkylation sites (tertiary alicyclic amines) is 1. The first-order chi connectivity index (χ1) is 15.2. The zero-order chi connectivity index (χ0) is 23.2. The highest BCUT2D eigenvalue weighted by Gasteiger charge is 2.62. The minimum absolute atomic E-state index is 0.171. The van der Waals surface area contributed by atoms with Crippen LogP contribution in [0.1, 0.15) is 12.0 Å². The maximum absolute atomic E-state index is 14.0. The molecule has 0 aliphatic carbocycles. The summed E-state index contributed by atoms with van der Waals surface area (Å²) in [5.41, 5.74) is -0.934. The number of anilines is 2. The van der Waals surface area contributed by atoms with Crippen LogP contribution in [0.4, 0.5) is 29.3 Å². The van der Waals surface area contributed by atoms with E-state index in [1.54, 1.807) is 4.90 Å². The third-order valence-electron chi connectivity index (χ3n) is 5.38. The second-order valence-corrected chi connectivity index (χ2v) is 7.68. The number of benzene rings is 2. The fourth-order valence-corrected chi connectivity index (χ4v) is 3.64. The van der Waals surface area contributed by atoms with E-state index in [1.807, 2.05) is 30.3 Å². The van der Waals surface area contributed by atoms with Gasteiger partial charge in [-0.1, -0.05) is 36.4 Å². The van der Waals surface area contributed by atoms with Crippen LogP contribution in [0.25, 0.3) is 0 Å². The van der Waals surface area contributed by atoms with Crippen molar-refractivity contribution in [3.05, 3.63) is 72.8 Å². The molecule has 6 nitrogen and oxygen atoms in total. The van der Waals surface area contributed by atoms with Gasteiger partial charge in [-0.15, -0.1) is 6.58 Å². The molecular weight excluding hydrogens is 421 g/mol. The number of rotatable bonds is 7. The van der Waals surface area contributed by atoms with Crippen LogP contribution in [0.15, 0.2) is 67.3 Å². The van der Waals surface area contributed by atoms with E-state index in [0.29, 0.717) is 18.8 Å². The molecule has 0 saturated carbocycles. The minimum atomic E-state index is -4.69. The Morgan fingerprint density at radius 1 is 1.03 bits per heavy atom. The Kier molecular flexibility index (Phi) is 7.19. The molecule has 3 N–H and O–H groups in total. The number of urea groups is 1. The Hall–Kier alpha value is -3.33. The molecule has 3 rings (SSSR count). The Morgan fingerprint density at radius 3 is 2.25 bits per heavy atom. The van der Waals surface area contributed by atoms with Crippen molar-refractivity contribution >= 4 is 23.3 Å². The van der Waals surface area contributed by atoms with Gasteiger partial charge in [0.15, 0.2) is 5.41 Å². The van der Waals surface area contributed by atoms with Gasteiger partial charge in [0.1, 0.15) is 0 Å². The number of carbonyl (C=O) groups is 2. The van der Waals surface area contributed by atoms with Crippen molar-refractivity contribution in [1.82, 2.24) is 10.2 Å². The molecule has 9 heteroatoms. The van der Waals surface area contributed by atoms with E-state index < -0.39 is 30.1 Å². The van der Waals surface area contributed by atoms with Crippen LogP contribution < -0.4 is 16.0 Å². The summed E-state index contributed by atoms with van der Waals surface area (Å²) in [7, 11) is 0. The van der Waals surface area contributed by atoms with E-state index >= 15 is 0 Å². The van der Waals surface area contributed by atoms with Gasteiger partial charge in [-0.2, -0.15) is 13.2 Å². The van der Waals surface area contributed by atoms with Crippen molar-refractivity contribution < 1.29 is 22.8 Å². The summed E-state index contributed by atoms with van der Waals surface area (Å²) >= 11 is 0. The lowest BCUT2D eigenvalue weighted by atomic mass is 9.85. The van der Waals surface area contributed by atoms with E-state index in [0.717, 1.165) is 5.56 Å². The van der Waals surface area contributed by atoms with Crippen molar-refractivity contribution in [2.24, 2.45) is 5.41 Å². The number of amides is 3. The fraction of sp³-hybridized carbons (Fsp3) is 0.304. The minimum Gasteiger partial charge on any atom is -0.334 e. The molecule has 0 radical (unpaired) electrons. The van der Waals surface area contributed by atoms with Crippen LogP contribution in [0, 0.1) is 5.41 Å². The van der Waals surface area contributed by atoms with Crippen molar-refractivity contribution in [1.29, 1.82) is 0 Å². The summed E-state index contributed by atoms with van der Waals surface area (Å²) in [6.45, 7) is 3.90. The third kappa shape index (κ3) is 5.47. The second-order valence-electron chi connectivity index (χ2n) is 7.68. The average Bonchev–Trinajstić information content (AvgIpc) is 3.20. The largest absolute Gasteiger partial charge is 0.404 e. The lowest BCUT2D eigenvalue weighted by Crippen LogP contribution is -2.49. The van der Waals surface area contributed by atoms with Crippen molar-refractivity contribution in [3.63, 3.8) is 0 Å². The smallest absolute Gasteiger partial charge is 0.334 e. The van der Waals surface area contributed by atoms with E-state index in [2.05, 4.69) is 22.5 Å². The third-order valence-corrected chi connectivity index (χ3v) is 5.38. The van der Waals surface area contributed by atoms with Gasteiger partial charge in [-0.25, -0.2) is 4.79 Å². The van der Waals surface area contributed by atoms with Gasteiger partial charge in [0.2, 0.25) is 5.91 Å². The molecular formula is C23H25F3N4O2. The van der Waals surface area contributed by atoms with Crippen molar-refractivity contribution in [2.45, 2.75) is 19.1 Å². The van der Waals surface area contributed by atoms with E-state index in [1.165, 1.54) is 30.3 Å². The van der Waals surface area contributed by atoms with Gasteiger partial charge in [-0.05, 0) is 42.8 Å². The standard InChI is InChI=1S/C23H25F3N4O2/c1-2-13-27-21(32)29-19-10-8-18(9-11-19)28-20(31)22(23(24,25)26)12-14-30(16-22)15-17-6-4-3-5-7-17/h2-11H,1,12-16H2,(H,28,31)(H2,27,29,32). The van der Waals surface area contributed by atoms with E-state index in [4.69, 9.17) is 0 Å². The first-order valence-electron chi connectivity index (χ1n) is 10.1. The van der Waals surface area contributed by atoms with Gasteiger partial charge < -0.3 is 16.0 Å². The van der Waals surface area contributed by atoms with Crippen LogP contribution in [0.5, 0.6) is 0 Å². The van der Waals surface area contributed by atoms with Crippen LogP contribution in [-0.2, 0) is 11.3 Å². The Labute approximate surface area is 184 Å². The molecule has 1 aliphatic heterocycles. The molecule has 32 heavy (non-hydrogen) atoms. The average molecular weight is 446 g/mol. The molecule has 1 aliphatic rings. The Balaban J connectivity index is 1.67. The van der Waals surface area contributed by atoms with Crippen LogP contribution >= 0.6 is 0 Å². The highest BCUT2D eigenvalue weighted by atomic mass is 19.4. The molecule has 0 aromatic heterocycles. The van der Waals surface area contributed by atoms with Crippen molar-refractivity contribution in [3.8, 4) is 0 Å². The number of alkyl halides is 3. The zero-order valence-corrected chi connectivity index (χ0v) is 17.4. The number of hydrogen-bond donors (Lipinski definition) is 3. The molecule has 1 unspecified atom stereocenters. The predicted molar refractivity (Wildman–Crippen MR) is 117 cm³/mol. The first-order valence-corrected chi connectivity index (χ1v) is 10.1. The van der Waals surface area contributed by atoms with Gasteiger partial charge in [0.25, 0.3) is 0 Å². The lowest BCUT2D eigenvalue weighted by molar-refractivity contribution is -0.215. The highest BCUT2D eigenvalue weighted by molar-refractivity contribution is 5.97. The number of halogens is 3. The molecule has 1 atom stereocenters. The molecule has 1 heterocycles. The maximum Gasteiger partial charge on any atom is 0.404 e. The molecule has 2 aromatic carbocycles. The van der Waals surface area contributed by atoms with Crippen LogP contribution in [0.3, 0.4) is 0 Å². The molecule has 170 valence electrons. The number of hydrogen-bond acceptors (Lipinski definition) is 3. The predicted octanol–water partition coefficient (Wildman–Crippen LogP) is 4.39. The molecule has 3 amide bonds. The number of nitrogens with zero attached hydrogens (tertiary/aromatic N) is 1. The number of carbonyl (C=O) groups excluding carboxylic acids is 2. The number of nitrogens with one attached hydrogen (secondary N) is 3. The summed E-state index contributed by atoms with van der Waals surface area (Å²) in [5.74, 6) is -1.08. The summed E-state index contributed by atoms with van der Waals surface area (Å²) < 4.78 is 42.1. The topological polar surface area (TPSA) is 73.5 Å². The highest BCUT2D eigenvalue weighted by Crippen LogP contribution is 2.46. The summed E-state index contributed by atoms with van der Waals surface area (Å²) in [6.07, 6.45) is -3.47. The van der Waals surface area contributed by atoms with E-state index in [9.17, 15) is 22.8 Å². The summed E-state index contributed by atoms with van der Waals surface area (Å²) in [5, 5.41) is 7.52. The first kappa shape index (κ1) is 23.3. The molecule has 1 saturated heterocycles. The molecule has 0 bridgehead atoms. The normalized spacial score (nSPS) is 18.7. The summed E-state index contributed by atoms with van der Waals surface area (Å²) in [6, 6.07) is 14.6. The van der Waals surface area contributed by atoms with Gasteiger partial charge >= 0.3 is 12.2 Å². The van der Waals surface area contributed by atoms with Crippen LogP contribution in [0.2, 0.25) is 0 Å². The quantitative estimate of drug-likeness (QED) is 0.553. The molecule has 0 spiro atoms. The maximum atomic E-state index is 14.0. The van der Waals surface area contributed by atoms with Crippen molar-refractivity contribution in [2.75, 3.05) is 30.3 Å². The SMILES string of the molecule is C=CCNC(=O)Nc1ccc(NC(=O)C2(C(F)(F)F)CCN(Cc3ccccc3)C2)cc1. The fourth-order valence-electron chi connectivity index (χ4n) is 3.64. The monoisotopic (exact) mass is 446 g/mol. The van der Waals surface area contributed by atoms with E-state index in [-0.39, 0.29) is 18.7 Å². The zero-order valence-electron chi connectivity index (χ0n) is 17.4. The van der Waals surface area contributed by atoms with Gasteiger partial charge in [0.05, 0.1) is 0 Å². The lowest BCUT2D eigenvalue weighted by Gasteiger charge is -2.30. The second kappa shape index (κ2) is 9.86. The van der Waals surface area contributed by atoms with Crippen LogP contribution in [-0.4, -0.2) is 42.6 Å². The summed E-state index contributed by atoms with van der Waals surface area (Å²) in [4.78, 5) is 26.1. The van der Waals surface area contributed by atoms with Gasteiger partial charge in [-0.3, -0.25) is 9.69 Å². The molecule has 2 aromatic rings. The Morgan fingerprint density at radius 2 is 1.66 bits per heavy atom. The van der Waals surface area contributed by atoms with Gasteiger partial charge in [0, 0.05) is 31.0 Å². The molecule has 1 fully saturated rings.